The third kappa shape index (κ3) is 3.48. The van der Waals surface area contributed by atoms with E-state index >= 15 is 0 Å². The molecule has 3 rings (SSSR count). The van der Waals surface area contributed by atoms with Gasteiger partial charge in [-0.25, -0.2) is 14.4 Å². The predicted octanol–water partition coefficient (Wildman–Crippen LogP) is 5.15. The Hall–Kier alpha value is -2.22. The lowest BCUT2D eigenvalue weighted by Crippen LogP contribution is -1.99. The predicted molar refractivity (Wildman–Crippen MR) is 93.1 cm³/mol. The minimum Gasteiger partial charge on any atom is -0.337 e. The molecule has 0 aliphatic heterocycles. The largest absolute Gasteiger partial charge is 0.337 e. The molecule has 0 aliphatic carbocycles. The Morgan fingerprint density at radius 3 is 2.58 bits per heavy atom. The molecule has 1 aromatic heterocycles. The molecular weight excluding hydrogens is 382 g/mol. The summed E-state index contributed by atoms with van der Waals surface area (Å²) in [6, 6.07) is 6.70. The molecule has 0 fully saturated rings. The van der Waals surface area contributed by atoms with Crippen LogP contribution in [-0.4, -0.2) is 14.9 Å². The summed E-state index contributed by atoms with van der Waals surface area (Å²) >= 11 is 11.6. The molecular formula is C14H8Cl3FN4O2. The van der Waals surface area contributed by atoms with Gasteiger partial charge in [-0.15, -0.1) is 12.4 Å². The first-order valence-corrected chi connectivity index (χ1v) is 7.02. The first kappa shape index (κ1) is 18.1. The molecule has 6 nitrogen and oxygen atoms in total. The molecule has 0 atom stereocenters. The highest BCUT2D eigenvalue weighted by atomic mass is 35.5. The highest BCUT2D eigenvalue weighted by Crippen LogP contribution is 2.33. The minimum atomic E-state index is -0.610. The number of nitrogens with zero attached hydrogens (tertiary/aromatic N) is 3. The van der Waals surface area contributed by atoms with Gasteiger partial charge in [0.1, 0.15) is 23.0 Å². The van der Waals surface area contributed by atoms with Gasteiger partial charge in [-0.05, 0) is 24.3 Å². The van der Waals surface area contributed by atoms with Gasteiger partial charge < -0.3 is 5.32 Å². The fourth-order valence-corrected chi connectivity index (χ4v) is 2.41. The summed E-state index contributed by atoms with van der Waals surface area (Å²) in [4.78, 5) is 18.4. The summed E-state index contributed by atoms with van der Waals surface area (Å²) in [6.07, 6.45) is 1.25. The Morgan fingerprint density at radius 1 is 1.17 bits per heavy atom. The molecule has 0 unspecified atom stereocenters. The van der Waals surface area contributed by atoms with E-state index in [1.165, 1.54) is 30.6 Å². The van der Waals surface area contributed by atoms with Crippen molar-refractivity contribution in [3.63, 3.8) is 0 Å². The van der Waals surface area contributed by atoms with Crippen LogP contribution in [-0.2, 0) is 0 Å². The fraction of sp³-hybridized carbons (Fsp3) is 0. The Balaban J connectivity index is 0.00000208. The lowest BCUT2D eigenvalue weighted by atomic mass is 10.2. The summed E-state index contributed by atoms with van der Waals surface area (Å²) in [5.41, 5.74) is 0.244. The number of nitro groups is 1. The van der Waals surface area contributed by atoms with E-state index in [1.54, 1.807) is 0 Å². The maximum Gasteiger partial charge on any atom is 0.288 e. The van der Waals surface area contributed by atoms with Crippen LogP contribution in [0.2, 0.25) is 10.0 Å². The zero-order valence-electron chi connectivity index (χ0n) is 11.7. The van der Waals surface area contributed by atoms with E-state index in [-0.39, 0.29) is 39.6 Å². The maximum atomic E-state index is 13.9. The van der Waals surface area contributed by atoms with Crippen LogP contribution < -0.4 is 5.32 Å². The fourth-order valence-electron chi connectivity index (χ4n) is 2.02. The number of anilines is 2. The third-order valence-electron chi connectivity index (χ3n) is 3.08. The normalized spacial score (nSPS) is 10.3. The highest BCUT2D eigenvalue weighted by Gasteiger charge is 2.17. The number of hydrogen-bond acceptors (Lipinski definition) is 5. The number of fused-ring (bicyclic) bond motifs is 1. The molecule has 0 amide bonds. The van der Waals surface area contributed by atoms with Gasteiger partial charge in [0.25, 0.3) is 5.69 Å². The second-order valence-corrected chi connectivity index (χ2v) is 5.39. The number of aromatic nitrogens is 2. The number of hydrogen-bond donors (Lipinski definition) is 1. The molecule has 1 N–H and O–H groups in total. The zero-order valence-corrected chi connectivity index (χ0v) is 14.0. The van der Waals surface area contributed by atoms with E-state index < -0.39 is 10.7 Å². The van der Waals surface area contributed by atoms with Gasteiger partial charge in [-0.3, -0.25) is 10.1 Å². The monoisotopic (exact) mass is 388 g/mol. The summed E-state index contributed by atoms with van der Waals surface area (Å²) in [6.45, 7) is 0. The van der Waals surface area contributed by atoms with E-state index in [4.69, 9.17) is 23.2 Å². The van der Waals surface area contributed by atoms with Crippen molar-refractivity contribution in [3.05, 3.63) is 62.6 Å². The molecule has 10 heteroatoms. The Bertz CT molecular complexity index is 939. The molecule has 0 bridgehead atoms. The minimum absolute atomic E-state index is 0. The SMILES string of the molecule is Cl.O=[N+]([O-])c1cc2c(Nc3ccc(Cl)cc3F)ncnc2cc1Cl. The van der Waals surface area contributed by atoms with Gasteiger partial charge in [0.05, 0.1) is 16.1 Å². The van der Waals surface area contributed by atoms with E-state index in [9.17, 15) is 14.5 Å². The first-order valence-electron chi connectivity index (χ1n) is 6.26. The quantitative estimate of drug-likeness (QED) is 0.495. The standard InChI is InChI=1S/C14H7Cl2FN4O2.ClH/c15-7-1-2-11(10(17)3-7)20-14-8-4-13(21(22)23)9(16)5-12(8)18-6-19-14;/h1-6H,(H,18,19,20);1H. The smallest absolute Gasteiger partial charge is 0.288 e. The average molecular weight is 390 g/mol. The van der Waals surface area contributed by atoms with Gasteiger partial charge >= 0.3 is 0 Å². The molecule has 0 saturated heterocycles. The molecule has 3 aromatic rings. The van der Waals surface area contributed by atoms with Crippen LogP contribution in [0.5, 0.6) is 0 Å². The van der Waals surface area contributed by atoms with Crippen molar-refractivity contribution in [3.8, 4) is 0 Å². The topological polar surface area (TPSA) is 81.0 Å². The van der Waals surface area contributed by atoms with E-state index in [0.29, 0.717) is 10.9 Å². The summed E-state index contributed by atoms with van der Waals surface area (Å²) < 4.78 is 13.9. The second kappa shape index (κ2) is 7.12. The third-order valence-corrected chi connectivity index (χ3v) is 3.62. The Morgan fingerprint density at radius 2 is 1.92 bits per heavy atom. The van der Waals surface area contributed by atoms with Gasteiger partial charge in [0.2, 0.25) is 0 Å². The molecule has 0 spiro atoms. The zero-order chi connectivity index (χ0) is 16.6. The van der Waals surface area contributed by atoms with Crippen molar-refractivity contribution in [1.82, 2.24) is 9.97 Å². The van der Waals surface area contributed by atoms with Crippen molar-refractivity contribution in [2.24, 2.45) is 0 Å². The highest BCUT2D eigenvalue weighted by molar-refractivity contribution is 6.33. The number of nitrogens with one attached hydrogen (secondary N) is 1. The van der Waals surface area contributed by atoms with Crippen molar-refractivity contribution < 1.29 is 9.31 Å². The van der Waals surface area contributed by atoms with Crippen molar-refractivity contribution >= 4 is 63.7 Å². The van der Waals surface area contributed by atoms with Gasteiger partial charge in [-0.1, -0.05) is 23.2 Å². The number of nitro benzene ring substituents is 1. The van der Waals surface area contributed by atoms with Crippen molar-refractivity contribution in [2.45, 2.75) is 0 Å². The van der Waals surface area contributed by atoms with Crippen LogP contribution in [0.4, 0.5) is 21.6 Å². The summed E-state index contributed by atoms with van der Waals surface area (Å²) in [7, 11) is 0. The summed E-state index contributed by atoms with van der Waals surface area (Å²) in [5.74, 6) is -0.358. The van der Waals surface area contributed by atoms with Gasteiger partial charge in [0.15, 0.2) is 0 Å². The van der Waals surface area contributed by atoms with E-state index in [0.717, 1.165) is 6.07 Å². The van der Waals surface area contributed by atoms with Gasteiger partial charge in [-0.2, -0.15) is 0 Å². The molecule has 0 radical (unpaired) electrons. The van der Waals surface area contributed by atoms with E-state index in [2.05, 4.69) is 15.3 Å². The Labute approximate surface area is 151 Å². The van der Waals surface area contributed by atoms with Crippen LogP contribution in [0.25, 0.3) is 10.9 Å². The number of benzene rings is 2. The van der Waals surface area contributed by atoms with Crippen LogP contribution in [0.3, 0.4) is 0 Å². The molecule has 1 heterocycles. The number of halogens is 4. The average Bonchev–Trinajstić information content (AvgIpc) is 2.49. The van der Waals surface area contributed by atoms with Crippen LogP contribution >= 0.6 is 35.6 Å². The lowest BCUT2D eigenvalue weighted by molar-refractivity contribution is -0.384. The molecule has 24 heavy (non-hydrogen) atoms. The molecule has 2 aromatic carbocycles. The van der Waals surface area contributed by atoms with Crippen molar-refractivity contribution in [2.75, 3.05) is 5.32 Å². The van der Waals surface area contributed by atoms with Crippen molar-refractivity contribution in [1.29, 1.82) is 0 Å². The first-order chi connectivity index (χ1) is 11.0. The number of rotatable bonds is 3. The van der Waals surface area contributed by atoms with E-state index in [1.807, 2.05) is 0 Å². The lowest BCUT2D eigenvalue weighted by Gasteiger charge is -2.09. The van der Waals surface area contributed by atoms with Gasteiger partial charge in [0, 0.05) is 16.5 Å². The van der Waals surface area contributed by atoms with Crippen LogP contribution in [0, 0.1) is 15.9 Å². The second-order valence-electron chi connectivity index (χ2n) is 4.55. The van der Waals surface area contributed by atoms with Crippen LogP contribution in [0.15, 0.2) is 36.7 Å². The maximum absolute atomic E-state index is 13.9. The summed E-state index contributed by atoms with van der Waals surface area (Å²) in [5, 5.41) is 14.4. The molecule has 0 aliphatic rings. The molecule has 0 saturated carbocycles. The van der Waals surface area contributed by atoms with Crippen LogP contribution in [0.1, 0.15) is 0 Å². The molecule has 124 valence electrons. The Kier molecular flexibility index (Phi) is 5.38.